The van der Waals surface area contributed by atoms with Crippen molar-refractivity contribution in [3.8, 4) is 40.1 Å². The Morgan fingerprint density at radius 1 is 0.917 bits per heavy atom. The molecule has 0 bridgehead atoms. The minimum atomic E-state index is -1.79. The van der Waals surface area contributed by atoms with Gasteiger partial charge < -0.3 is 53.6 Å². The highest BCUT2D eigenvalue weighted by Gasteiger charge is 2.45. The molecule has 5 N–H and O–H groups in total. The van der Waals surface area contributed by atoms with Crippen LogP contribution in [0.15, 0.2) is 39.5 Å². The van der Waals surface area contributed by atoms with Gasteiger partial charge >= 0.3 is 0 Å². The topological polar surface area (TPSA) is 178 Å². The van der Waals surface area contributed by atoms with Gasteiger partial charge in [0.05, 0.1) is 27.9 Å². The van der Waals surface area contributed by atoms with Crippen LogP contribution in [0, 0.1) is 0 Å². The lowest BCUT2D eigenvalue weighted by Gasteiger charge is -2.39. The SMILES string of the molecule is COc1ccc(-c2oc3cc(OC)c(OC)c(O)c3c(=O)c2O[C@H]2O[C@H](CO)[C@H](O)C(O)C2O)cc1. The molecular weight excluding hydrogens is 480 g/mol. The Bertz CT molecular complexity index is 1280. The summed E-state index contributed by atoms with van der Waals surface area (Å²) in [5, 5.41) is 50.6. The number of ether oxygens (including phenoxy) is 5. The third kappa shape index (κ3) is 4.29. The highest BCUT2D eigenvalue weighted by atomic mass is 16.7. The smallest absolute Gasteiger partial charge is 0.239 e. The van der Waals surface area contributed by atoms with Gasteiger partial charge in [0.25, 0.3) is 0 Å². The molecule has 5 atom stereocenters. The zero-order valence-electron chi connectivity index (χ0n) is 19.6. The van der Waals surface area contributed by atoms with Crippen molar-refractivity contribution < 1.29 is 53.6 Å². The molecule has 0 saturated carbocycles. The summed E-state index contributed by atoms with van der Waals surface area (Å²) in [6.45, 7) is -0.694. The molecule has 2 heterocycles. The second kappa shape index (κ2) is 10.2. The number of benzene rings is 2. The lowest BCUT2D eigenvalue weighted by molar-refractivity contribution is -0.277. The van der Waals surface area contributed by atoms with Crippen LogP contribution in [0.25, 0.3) is 22.3 Å². The summed E-state index contributed by atoms with van der Waals surface area (Å²) in [6, 6.07) is 7.76. The average molecular weight is 506 g/mol. The molecular formula is C24H26O12. The molecule has 12 heteroatoms. The Morgan fingerprint density at radius 3 is 2.19 bits per heavy atom. The van der Waals surface area contributed by atoms with Crippen molar-refractivity contribution in [2.45, 2.75) is 30.7 Å². The molecule has 4 rings (SSSR count). The van der Waals surface area contributed by atoms with E-state index in [4.69, 9.17) is 28.1 Å². The van der Waals surface area contributed by atoms with Crippen LogP contribution >= 0.6 is 0 Å². The fraction of sp³-hybridized carbons (Fsp3) is 0.375. The summed E-state index contributed by atoms with van der Waals surface area (Å²) in [6.07, 6.45) is -8.11. The van der Waals surface area contributed by atoms with Crippen LogP contribution in [0.2, 0.25) is 0 Å². The lowest BCUT2D eigenvalue weighted by atomic mass is 9.99. The lowest BCUT2D eigenvalue weighted by Crippen LogP contribution is -2.60. The number of methoxy groups -OCH3 is 3. The Labute approximate surface area is 204 Å². The molecule has 2 unspecified atom stereocenters. The van der Waals surface area contributed by atoms with Crippen molar-refractivity contribution in [2.75, 3.05) is 27.9 Å². The Hall–Kier alpha value is -3.55. The van der Waals surface area contributed by atoms with Crippen molar-refractivity contribution in [3.63, 3.8) is 0 Å². The summed E-state index contributed by atoms with van der Waals surface area (Å²) in [5.74, 6) is -0.622. The number of aliphatic hydroxyl groups excluding tert-OH is 4. The van der Waals surface area contributed by atoms with Crippen molar-refractivity contribution in [3.05, 3.63) is 40.6 Å². The van der Waals surface area contributed by atoms with Gasteiger partial charge in [-0.2, -0.15) is 0 Å². The first-order chi connectivity index (χ1) is 17.2. The molecule has 1 fully saturated rings. The van der Waals surface area contributed by atoms with Gasteiger partial charge in [0, 0.05) is 11.6 Å². The second-order valence-electron chi connectivity index (χ2n) is 7.97. The van der Waals surface area contributed by atoms with E-state index in [1.165, 1.54) is 27.4 Å². The monoisotopic (exact) mass is 506 g/mol. The van der Waals surface area contributed by atoms with Crippen molar-refractivity contribution in [1.82, 2.24) is 0 Å². The number of hydrogen-bond acceptors (Lipinski definition) is 12. The van der Waals surface area contributed by atoms with Crippen LogP contribution in [0.1, 0.15) is 0 Å². The number of phenolic OH excluding ortho intramolecular Hbond substituents is 1. The van der Waals surface area contributed by atoms with Gasteiger partial charge in [-0.1, -0.05) is 0 Å². The normalized spacial score (nSPS) is 23.9. The van der Waals surface area contributed by atoms with E-state index >= 15 is 0 Å². The molecule has 1 saturated heterocycles. The zero-order valence-corrected chi connectivity index (χ0v) is 19.6. The van der Waals surface area contributed by atoms with Gasteiger partial charge in [0.1, 0.15) is 41.1 Å². The third-order valence-corrected chi connectivity index (χ3v) is 5.89. The van der Waals surface area contributed by atoms with E-state index in [2.05, 4.69) is 0 Å². The maximum atomic E-state index is 13.6. The molecule has 1 aliphatic heterocycles. The van der Waals surface area contributed by atoms with Gasteiger partial charge in [0.15, 0.2) is 17.3 Å². The Kier molecular flexibility index (Phi) is 7.24. The van der Waals surface area contributed by atoms with Crippen LogP contribution in [0.4, 0.5) is 0 Å². The number of phenols is 1. The number of hydrogen-bond donors (Lipinski definition) is 5. The molecule has 0 aliphatic carbocycles. The predicted molar refractivity (Wildman–Crippen MR) is 124 cm³/mol. The number of rotatable bonds is 7. The van der Waals surface area contributed by atoms with Gasteiger partial charge in [-0.15, -0.1) is 0 Å². The highest BCUT2D eigenvalue weighted by Crippen LogP contribution is 2.44. The minimum Gasteiger partial charge on any atom is -0.504 e. The molecule has 1 aliphatic rings. The van der Waals surface area contributed by atoms with E-state index in [1.807, 2.05) is 0 Å². The maximum absolute atomic E-state index is 13.6. The summed E-state index contributed by atoms with van der Waals surface area (Å²) >= 11 is 0. The van der Waals surface area contributed by atoms with Gasteiger partial charge in [0.2, 0.25) is 23.2 Å². The first kappa shape index (κ1) is 25.5. The fourth-order valence-electron chi connectivity index (χ4n) is 3.95. The quantitative estimate of drug-likeness (QED) is 0.298. The summed E-state index contributed by atoms with van der Waals surface area (Å²) in [5.41, 5.74) is -0.539. The largest absolute Gasteiger partial charge is 0.504 e. The van der Waals surface area contributed by atoms with Crippen LogP contribution in [-0.4, -0.2) is 84.2 Å². The highest BCUT2D eigenvalue weighted by molar-refractivity contribution is 5.91. The van der Waals surface area contributed by atoms with E-state index < -0.39 is 54.2 Å². The molecule has 0 spiro atoms. The number of aliphatic hydroxyl groups is 4. The summed E-state index contributed by atoms with van der Waals surface area (Å²) < 4.78 is 32.6. The molecule has 194 valence electrons. The Morgan fingerprint density at radius 2 is 1.61 bits per heavy atom. The molecule has 0 radical (unpaired) electrons. The molecule has 0 amide bonds. The van der Waals surface area contributed by atoms with Gasteiger partial charge in [-0.3, -0.25) is 4.79 Å². The third-order valence-electron chi connectivity index (χ3n) is 5.89. The van der Waals surface area contributed by atoms with Gasteiger partial charge in [-0.25, -0.2) is 0 Å². The molecule has 2 aromatic carbocycles. The van der Waals surface area contributed by atoms with Crippen LogP contribution in [0.3, 0.4) is 0 Å². The van der Waals surface area contributed by atoms with E-state index in [9.17, 15) is 30.3 Å². The first-order valence-corrected chi connectivity index (χ1v) is 10.8. The minimum absolute atomic E-state index is 0.0536. The van der Waals surface area contributed by atoms with Crippen LogP contribution in [-0.2, 0) is 4.74 Å². The maximum Gasteiger partial charge on any atom is 0.239 e. The Balaban J connectivity index is 1.93. The molecule has 3 aromatic rings. The zero-order chi connectivity index (χ0) is 26.1. The fourth-order valence-corrected chi connectivity index (χ4v) is 3.95. The van der Waals surface area contributed by atoms with Crippen LogP contribution < -0.4 is 24.4 Å². The van der Waals surface area contributed by atoms with Crippen LogP contribution in [0.5, 0.6) is 28.7 Å². The molecule has 1 aromatic heterocycles. The number of fused-ring (bicyclic) bond motifs is 1. The first-order valence-electron chi connectivity index (χ1n) is 10.8. The predicted octanol–water partition coefficient (Wildman–Crippen LogP) is 0.370. The molecule has 12 nitrogen and oxygen atoms in total. The second-order valence-corrected chi connectivity index (χ2v) is 7.97. The number of aromatic hydroxyl groups is 1. The standard InChI is InChI=1S/C24H26O12/c1-31-11-6-4-10(5-7-11)21-23(36-24-20(30)19(29)16(26)14(9-25)35-24)18(28)15-12(34-21)8-13(32-2)22(33-3)17(15)27/h4-8,14,16,19-20,24-27,29-30H,9H2,1-3H3/t14-,16+,19?,20?,24-/m1/s1. The van der Waals surface area contributed by atoms with E-state index in [0.717, 1.165) is 0 Å². The van der Waals surface area contributed by atoms with Crippen molar-refractivity contribution in [2.24, 2.45) is 0 Å². The average Bonchev–Trinajstić information content (AvgIpc) is 2.89. The van der Waals surface area contributed by atoms with E-state index in [-0.39, 0.29) is 28.2 Å². The van der Waals surface area contributed by atoms with Crippen molar-refractivity contribution >= 4 is 11.0 Å². The van der Waals surface area contributed by atoms with E-state index in [1.54, 1.807) is 24.3 Å². The van der Waals surface area contributed by atoms with E-state index in [0.29, 0.717) is 11.3 Å². The molecule has 36 heavy (non-hydrogen) atoms. The summed E-state index contributed by atoms with van der Waals surface area (Å²) in [7, 11) is 4.12. The van der Waals surface area contributed by atoms with Gasteiger partial charge in [-0.05, 0) is 24.3 Å². The summed E-state index contributed by atoms with van der Waals surface area (Å²) in [4.78, 5) is 13.6. The van der Waals surface area contributed by atoms with Crippen molar-refractivity contribution in [1.29, 1.82) is 0 Å².